The Bertz CT molecular complexity index is 1010. The minimum absolute atomic E-state index is 0.0507. The first-order valence-corrected chi connectivity index (χ1v) is 10.4. The molecule has 1 unspecified atom stereocenters. The molecule has 9 nitrogen and oxygen atoms in total. The van der Waals surface area contributed by atoms with Crippen LogP contribution in [0, 0.1) is 16.0 Å². The maximum atomic E-state index is 12.9. The van der Waals surface area contributed by atoms with Gasteiger partial charge in [-0.25, -0.2) is 8.42 Å². The molecule has 1 saturated heterocycles. The molecule has 10 heteroatoms. The molecular weight excluding hydrogens is 398 g/mol. The molecule has 1 N–H and O–H groups in total. The number of nitro groups is 1. The van der Waals surface area contributed by atoms with Gasteiger partial charge >= 0.3 is 0 Å². The highest BCUT2D eigenvalue weighted by molar-refractivity contribution is 7.89. The molecule has 154 valence electrons. The number of sulfonamides is 1. The number of rotatable bonds is 6. The second-order valence-corrected chi connectivity index (χ2v) is 8.61. The zero-order valence-corrected chi connectivity index (χ0v) is 16.6. The number of methoxy groups -OCH3 is 1. The summed E-state index contributed by atoms with van der Waals surface area (Å²) in [5.41, 5.74) is 0.175. The van der Waals surface area contributed by atoms with Crippen LogP contribution >= 0.6 is 0 Å². The van der Waals surface area contributed by atoms with Crippen molar-refractivity contribution in [3.8, 4) is 5.75 Å². The molecule has 2 aromatic carbocycles. The normalized spacial score (nSPS) is 17.5. The van der Waals surface area contributed by atoms with Crippen molar-refractivity contribution in [3.63, 3.8) is 0 Å². The molecule has 1 heterocycles. The summed E-state index contributed by atoms with van der Waals surface area (Å²) < 4.78 is 32.2. The lowest BCUT2D eigenvalue weighted by Gasteiger charge is -2.31. The van der Waals surface area contributed by atoms with Crippen molar-refractivity contribution in [3.05, 3.63) is 58.6 Å². The standard InChI is InChI=1S/C19H21N3O6S/c1-28-17-7-9-18(10-8-17)29(26,27)21-11-3-4-14(13-21)19(23)20-15-5-2-6-16(12-15)22(24)25/h2,5-10,12,14H,3-4,11,13H2,1H3,(H,20,23). The summed E-state index contributed by atoms with van der Waals surface area (Å²) in [6, 6.07) is 11.7. The quantitative estimate of drug-likeness (QED) is 0.568. The first-order chi connectivity index (χ1) is 13.8. The molecule has 1 atom stereocenters. The predicted molar refractivity (Wildman–Crippen MR) is 106 cm³/mol. The van der Waals surface area contributed by atoms with Crippen LogP contribution < -0.4 is 10.1 Å². The Hall–Kier alpha value is -2.98. The van der Waals surface area contributed by atoms with Gasteiger partial charge in [0.2, 0.25) is 15.9 Å². The topological polar surface area (TPSA) is 119 Å². The Labute approximate surface area is 168 Å². The van der Waals surface area contributed by atoms with Gasteiger partial charge in [-0.1, -0.05) is 6.07 Å². The number of piperidine rings is 1. The van der Waals surface area contributed by atoms with Crippen LogP contribution in [0.2, 0.25) is 0 Å². The van der Waals surface area contributed by atoms with Gasteiger partial charge in [-0.3, -0.25) is 14.9 Å². The Morgan fingerprint density at radius 3 is 2.62 bits per heavy atom. The summed E-state index contributed by atoms with van der Waals surface area (Å²) in [6.45, 7) is 0.379. The smallest absolute Gasteiger partial charge is 0.271 e. The Morgan fingerprint density at radius 2 is 1.97 bits per heavy atom. The molecule has 0 bridgehead atoms. The lowest BCUT2D eigenvalue weighted by atomic mass is 9.98. The van der Waals surface area contributed by atoms with E-state index >= 15 is 0 Å². The zero-order chi connectivity index (χ0) is 21.0. The van der Waals surface area contributed by atoms with E-state index in [2.05, 4.69) is 5.32 Å². The largest absolute Gasteiger partial charge is 0.497 e. The number of amides is 1. The molecular formula is C19H21N3O6S. The molecule has 0 spiro atoms. The van der Waals surface area contributed by atoms with Gasteiger partial charge in [0.15, 0.2) is 0 Å². The van der Waals surface area contributed by atoms with Crippen LogP contribution in [0.1, 0.15) is 12.8 Å². The van der Waals surface area contributed by atoms with Crippen LogP contribution in [0.25, 0.3) is 0 Å². The van der Waals surface area contributed by atoms with E-state index in [0.717, 1.165) is 0 Å². The monoisotopic (exact) mass is 419 g/mol. The molecule has 0 saturated carbocycles. The first-order valence-electron chi connectivity index (χ1n) is 9.01. The second-order valence-electron chi connectivity index (χ2n) is 6.67. The van der Waals surface area contributed by atoms with E-state index in [9.17, 15) is 23.3 Å². The molecule has 0 aromatic heterocycles. The van der Waals surface area contributed by atoms with Crippen LogP contribution in [-0.4, -0.2) is 43.8 Å². The van der Waals surface area contributed by atoms with Gasteiger partial charge in [-0.15, -0.1) is 0 Å². The van der Waals surface area contributed by atoms with Gasteiger partial charge < -0.3 is 10.1 Å². The minimum Gasteiger partial charge on any atom is -0.497 e. The number of anilines is 1. The minimum atomic E-state index is -3.74. The number of benzene rings is 2. The van der Waals surface area contributed by atoms with Crippen molar-refractivity contribution >= 4 is 27.3 Å². The highest BCUT2D eigenvalue weighted by atomic mass is 32.2. The van der Waals surface area contributed by atoms with Gasteiger partial charge in [0, 0.05) is 30.9 Å². The summed E-state index contributed by atoms with van der Waals surface area (Å²) in [6.07, 6.45) is 1.08. The fourth-order valence-corrected chi connectivity index (χ4v) is 4.74. The molecule has 1 aliphatic heterocycles. The lowest BCUT2D eigenvalue weighted by molar-refractivity contribution is -0.384. The van der Waals surface area contributed by atoms with Crippen LogP contribution in [0.5, 0.6) is 5.75 Å². The number of hydrogen-bond donors (Lipinski definition) is 1. The van der Waals surface area contributed by atoms with Gasteiger partial charge in [-0.05, 0) is 43.2 Å². The maximum absolute atomic E-state index is 12.9. The molecule has 1 fully saturated rings. The van der Waals surface area contributed by atoms with E-state index < -0.39 is 20.9 Å². The van der Waals surface area contributed by atoms with Crippen molar-refractivity contribution in [2.45, 2.75) is 17.7 Å². The number of non-ortho nitro benzene ring substituents is 1. The first kappa shape index (κ1) is 20.7. The summed E-state index contributed by atoms with van der Waals surface area (Å²) in [7, 11) is -2.24. The molecule has 1 amide bonds. The molecule has 0 radical (unpaired) electrons. The average molecular weight is 419 g/mol. The summed E-state index contributed by atoms with van der Waals surface area (Å²) in [5, 5.41) is 13.5. The number of nitrogens with one attached hydrogen (secondary N) is 1. The summed E-state index contributed by atoms with van der Waals surface area (Å²) in [4.78, 5) is 23.1. The number of nitrogens with zero attached hydrogens (tertiary/aromatic N) is 2. The number of carbonyl (C=O) groups excluding carboxylic acids is 1. The highest BCUT2D eigenvalue weighted by Gasteiger charge is 2.33. The van der Waals surface area contributed by atoms with Crippen LogP contribution in [0.3, 0.4) is 0 Å². The average Bonchev–Trinajstić information content (AvgIpc) is 2.74. The number of carbonyl (C=O) groups is 1. The van der Waals surface area contributed by atoms with Crippen LogP contribution in [0.4, 0.5) is 11.4 Å². The zero-order valence-electron chi connectivity index (χ0n) is 15.8. The third kappa shape index (κ3) is 4.72. The van der Waals surface area contributed by atoms with Crippen molar-refractivity contribution in [1.82, 2.24) is 4.31 Å². The lowest BCUT2D eigenvalue weighted by Crippen LogP contribution is -2.43. The molecule has 2 aromatic rings. The van der Waals surface area contributed by atoms with Gasteiger partial charge in [0.25, 0.3) is 5.69 Å². The van der Waals surface area contributed by atoms with Crippen molar-refractivity contribution in [2.75, 3.05) is 25.5 Å². The van der Waals surface area contributed by atoms with E-state index in [1.54, 1.807) is 18.2 Å². The maximum Gasteiger partial charge on any atom is 0.271 e. The van der Waals surface area contributed by atoms with E-state index in [1.165, 1.54) is 41.7 Å². The van der Waals surface area contributed by atoms with E-state index in [1.807, 2.05) is 0 Å². The van der Waals surface area contributed by atoms with E-state index in [-0.39, 0.29) is 23.0 Å². The summed E-state index contributed by atoms with van der Waals surface area (Å²) >= 11 is 0. The summed E-state index contributed by atoms with van der Waals surface area (Å²) in [5.74, 6) is -0.354. The number of hydrogen-bond acceptors (Lipinski definition) is 6. The molecule has 1 aliphatic rings. The van der Waals surface area contributed by atoms with Gasteiger partial charge in [0.05, 0.1) is 22.8 Å². The Balaban J connectivity index is 1.71. The number of nitro benzene ring substituents is 1. The molecule has 0 aliphatic carbocycles. The van der Waals surface area contributed by atoms with Crippen molar-refractivity contribution < 1.29 is 22.9 Å². The fraction of sp³-hybridized carbons (Fsp3) is 0.316. The number of ether oxygens (including phenoxy) is 1. The van der Waals surface area contributed by atoms with Gasteiger partial charge in [0.1, 0.15) is 5.75 Å². The van der Waals surface area contributed by atoms with Crippen molar-refractivity contribution in [2.24, 2.45) is 5.92 Å². The SMILES string of the molecule is COc1ccc(S(=O)(=O)N2CCCC(C(=O)Nc3cccc([N+](=O)[O-])c3)C2)cc1. The highest BCUT2D eigenvalue weighted by Crippen LogP contribution is 2.26. The Morgan fingerprint density at radius 1 is 1.24 bits per heavy atom. The second kappa shape index (κ2) is 8.58. The Kier molecular flexibility index (Phi) is 6.14. The van der Waals surface area contributed by atoms with E-state index in [4.69, 9.17) is 4.74 Å². The van der Waals surface area contributed by atoms with Gasteiger partial charge in [-0.2, -0.15) is 4.31 Å². The fourth-order valence-electron chi connectivity index (χ4n) is 3.21. The van der Waals surface area contributed by atoms with Crippen molar-refractivity contribution in [1.29, 1.82) is 0 Å². The molecule has 29 heavy (non-hydrogen) atoms. The van der Waals surface area contributed by atoms with E-state index in [0.29, 0.717) is 30.8 Å². The van der Waals surface area contributed by atoms with Crippen LogP contribution in [-0.2, 0) is 14.8 Å². The molecule has 3 rings (SSSR count). The van der Waals surface area contributed by atoms with Crippen LogP contribution in [0.15, 0.2) is 53.4 Å². The predicted octanol–water partition coefficient (Wildman–Crippen LogP) is 2.64. The third-order valence-corrected chi connectivity index (χ3v) is 6.66. The third-order valence-electron chi connectivity index (χ3n) is 4.78.